The van der Waals surface area contributed by atoms with E-state index in [9.17, 15) is 4.39 Å². The van der Waals surface area contributed by atoms with Crippen LogP contribution in [0.15, 0.2) is 42.7 Å². The summed E-state index contributed by atoms with van der Waals surface area (Å²) >= 11 is 0. The Morgan fingerprint density at radius 1 is 1.32 bits per heavy atom. The van der Waals surface area contributed by atoms with Crippen molar-refractivity contribution in [2.24, 2.45) is 0 Å². The predicted molar refractivity (Wildman–Crippen MR) is 72.6 cm³/mol. The summed E-state index contributed by atoms with van der Waals surface area (Å²) in [7, 11) is 1.82. The van der Waals surface area contributed by atoms with Gasteiger partial charge in [-0.2, -0.15) is 0 Å². The summed E-state index contributed by atoms with van der Waals surface area (Å²) in [4.78, 5) is 4.05. The first-order chi connectivity index (χ1) is 9.29. The number of halogens is 1. The highest BCUT2D eigenvalue weighted by Crippen LogP contribution is 2.19. The normalized spacial score (nSPS) is 10.4. The smallest absolute Gasteiger partial charge is 0.123 e. The lowest BCUT2D eigenvalue weighted by atomic mass is 10.2. The summed E-state index contributed by atoms with van der Waals surface area (Å²) in [5.74, 6) is 0.476. The molecule has 1 heterocycles. The first kappa shape index (κ1) is 13.5. The van der Waals surface area contributed by atoms with Crippen LogP contribution in [0.4, 0.5) is 4.39 Å². The van der Waals surface area contributed by atoms with Crippen LogP contribution in [-0.2, 0) is 13.0 Å². The molecule has 100 valence electrons. The summed E-state index contributed by atoms with van der Waals surface area (Å²) in [6, 6.07) is 8.49. The second kappa shape index (κ2) is 6.85. The average molecular weight is 260 g/mol. The fourth-order valence-electron chi connectivity index (χ4n) is 1.84. The highest BCUT2D eigenvalue weighted by Gasteiger charge is 2.05. The zero-order chi connectivity index (χ0) is 13.5. The van der Waals surface area contributed by atoms with Gasteiger partial charge < -0.3 is 10.1 Å². The van der Waals surface area contributed by atoms with Crippen LogP contribution in [0.5, 0.6) is 5.75 Å². The van der Waals surface area contributed by atoms with E-state index in [2.05, 4.69) is 10.3 Å². The standard InChI is InChI=1S/C15H17FN2O/c1-17-11-13-9-14(16)4-5-15(13)19-8-6-12-3-2-7-18-10-12/h2-5,7,9-10,17H,6,8,11H2,1H3. The van der Waals surface area contributed by atoms with E-state index in [1.807, 2.05) is 25.4 Å². The predicted octanol–water partition coefficient (Wildman–Crippen LogP) is 2.56. The fraction of sp³-hybridized carbons (Fsp3) is 0.267. The van der Waals surface area contributed by atoms with E-state index in [1.165, 1.54) is 12.1 Å². The second-order valence-corrected chi connectivity index (χ2v) is 4.24. The quantitative estimate of drug-likeness (QED) is 0.866. The van der Waals surface area contributed by atoms with Crippen molar-refractivity contribution < 1.29 is 9.13 Å². The number of aromatic nitrogens is 1. The highest BCUT2D eigenvalue weighted by atomic mass is 19.1. The Morgan fingerprint density at radius 3 is 2.95 bits per heavy atom. The van der Waals surface area contributed by atoms with Gasteiger partial charge in [-0.05, 0) is 36.9 Å². The Balaban J connectivity index is 1.95. The molecule has 0 radical (unpaired) electrons. The van der Waals surface area contributed by atoms with Gasteiger partial charge in [0.1, 0.15) is 11.6 Å². The van der Waals surface area contributed by atoms with E-state index in [4.69, 9.17) is 4.74 Å². The lowest BCUT2D eigenvalue weighted by molar-refractivity contribution is 0.317. The van der Waals surface area contributed by atoms with E-state index in [0.29, 0.717) is 13.2 Å². The van der Waals surface area contributed by atoms with Gasteiger partial charge in [0.15, 0.2) is 0 Å². The van der Waals surface area contributed by atoms with Crippen molar-refractivity contribution in [3.8, 4) is 5.75 Å². The molecule has 0 amide bonds. The van der Waals surface area contributed by atoms with Gasteiger partial charge in [0, 0.05) is 30.9 Å². The Bertz CT molecular complexity index is 517. The zero-order valence-electron chi connectivity index (χ0n) is 10.9. The van der Waals surface area contributed by atoms with Gasteiger partial charge in [0.25, 0.3) is 0 Å². The molecule has 0 aliphatic rings. The van der Waals surface area contributed by atoms with Gasteiger partial charge in [-0.25, -0.2) is 4.39 Å². The minimum absolute atomic E-state index is 0.246. The molecule has 19 heavy (non-hydrogen) atoms. The van der Waals surface area contributed by atoms with Crippen LogP contribution in [0.3, 0.4) is 0 Å². The number of pyridine rings is 1. The van der Waals surface area contributed by atoms with Crippen LogP contribution >= 0.6 is 0 Å². The van der Waals surface area contributed by atoms with Crippen molar-refractivity contribution in [3.63, 3.8) is 0 Å². The van der Waals surface area contributed by atoms with Crippen molar-refractivity contribution in [2.75, 3.05) is 13.7 Å². The van der Waals surface area contributed by atoms with Crippen molar-refractivity contribution in [1.29, 1.82) is 0 Å². The highest BCUT2D eigenvalue weighted by molar-refractivity contribution is 5.34. The second-order valence-electron chi connectivity index (χ2n) is 4.24. The third kappa shape index (κ3) is 4.03. The van der Waals surface area contributed by atoms with E-state index >= 15 is 0 Å². The number of hydrogen-bond donors (Lipinski definition) is 1. The Hall–Kier alpha value is -1.94. The summed E-state index contributed by atoms with van der Waals surface area (Å²) < 4.78 is 18.9. The first-order valence-corrected chi connectivity index (χ1v) is 6.24. The lowest BCUT2D eigenvalue weighted by Crippen LogP contribution is -2.09. The number of nitrogens with zero attached hydrogens (tertiary/aromatic N) is 1. The van der Waals surface area contributed by atoms with Crippen LogP contribution in [0.2, 0.25) is 0 Å². The van der Waals surface area contributed by atoms with Crippen LogP contribution in [-0.4, -0.2) is 18.6 Å². The zero-order valence-corrected chi connectivity index (χ0v) is 10.9. The fourth-order valence-corrected chi connectivity index (χ4v) is 1.84. The summed E-state index contributed by atoms with van der Waals surface area (Å²) in [5, 5.41) is 3.00. The molecule has 1 N–H and O–H groups in total. The van der Waals surface area contributed by atoms with Gasteiger partial charge in [0.2, 0.25) is 0 Å². The molecular formula is C15H17FN2O. The van der Waals surface area contributed by atoms with Gasteiger partial charge in [-0.1, -0.05) is 6.07 Å². The molecule has 0 fully saturated rings. The molecular weight excluding hydrogens is 243 g/mol. The molecule has 0 saturated carbocycles. The molecule has 2 rings (SSSR count). The molecule has 0 atom stereocenters. The van der Waals surface area contributed by atoms with Crippen molar-refractivity contribution >= 4 is 0 Å². The minimum Gasteiger partial charge on any atom is -0.493 e. The molecule has 4 heteroatoms. The van der Waals surface area contributed by atoms with E-state index in [0.717, 1.165) is 23.3 Å². The van der Waals surface area contributed by atoms with Crippen LogP contribution in [0.25, 0.3) is 0 Å². The van der Waals surface area contributed by atoms with Gasteiger partial charge >= 0.3 is 0 Å². The molecule has 2 aromatic rings. The first-order valence-electron chi connectivity index (χ1n) is 6.24. The maximum absolute atomic E-state index is 13.2. The molecule has 1 aromatic carbocycles. The molecule has 0 unspecified atom stereocenters. The molecule has 1 aromatic heterocycles. The van der Waals surface area contributed by atoms with E-state index in [1.54, 1.807) is 12.3 Å². The summed E-state index contributed by atoms with van der Waals surface area (Å²) in [5.41, 5.74) is 1.95. The third-order valence-electron chi connectivity index (χ3n) is 2.76. The number of hydrogen-bond acceptors (Lipinski definition) is 3. The number of nitrogens with one attached hydrogen (secondary N) is 1. The van der Waals surface area contributed by atoms with Crippen molar-refractivity contribution in [3.05, 3.63) is 59.7 Å². The van der Waals surface area contributed by atoms with E-state index < -0.39 is 0 Å². The molecule has 0 bridgehead atoms. The number of rotatable bonds is 6. The van der Waals surface area contributed by atoms with Gasteiger partial charge in [-0.3, -0.25) is 4.98 Å². The van der Waals surface area contributed by atoms with Crippen molar-refractivity contribution in [1.82, 2.24) is 10.3 Å². The number of ether oxygens (including phenoxy) is 1. The Morgan fingerprint density at radius 2 is 2.21 bits per heavy atom. The summed E-state index contributed by atoms with van der Waals surface area (Å²) in [6.07, 6.45) is 4.35. The molecule has 0 aliphatic carbocycles. The monoisotopic (exact) mass is 260 g/mol. The number of benzene rings is 1. The average Bonchev–Trinajstić information content (AvgIpc) is 2.43. The molecule has 0 aliphatic heterocycles. The maximum Gasteiger partial charge on any atom is 0.123 e. The van der Waals surface area contributed by atoms with Crippen LogP contribution in [0, 0.1) is 5.82 Å². The third-order valence-corrected chi connectivity index (χ3v) is 2.76. The Labute approximate surface area is 112 Å². The SMILES string of the molecule is CNCc1cc(F)ccc1OCCc1cccnc1. The lowest BCUT2D eigenvalue weighted by Gasteiger charge is -2.11. The van der Waals surface area contributed by atoms with Crippen molar-refractivity contribution in [2.45, 2.75) is 13.0 Å². The van der Waals surface area contributed by atoms with Gasteiger partial charge in [-0.15, -0.1) is 0 Å². The van der Waals surface area contributed by atoms with E-state index in [-0.39, 0.29) is 5.82 Å². The van der Waals surface area contributed by atoms with Crippen LogP contribution < -0.4 is 10.1 Å². The topological polar surface area (TPSA) is 34.1 Å². The molecule has 0 spiro atoms. The molecule has 0 saturated heterocycles. The van der Waals surface area contributed by atoms with Crippen LogP contribution in [0.1, 0.15) is 11.1 Å². The van der Waals surface area contributed by atoms with Gasteiger partial charge in [0.05, 0.1) is 6.61 Å². The minimum atomic E-state index is -0.246. The summed E-state index contributed by atoms with van der Waals surface area (Å²) in [6.45, 7) is 1.13. The maximum atomic E-state index is 13.2. The Kier molecular flexibility index (Phi) is 4.86. The largest absolute Gasteiger partial charge is 0.493 e. The molecule has 3 nitrogen and oxygen atoms in total.